The zero-order chi connectivity index (χ0) is 21.7. The molecule has 2 aromatic carbocycles. The van der Waals surface area contributed by atoms with Crippen molar-refractivity contribution in [1.29, 1.82) is 0 Å². The molecule has 0 spiro atoms. The van der Waals surface area contributed by atoms with Crippen molar-refractivity contribution in [2.75, 3.05) is 13.7 Å². The molecule has 30 heavy (non-hydrogen) atoms. The monoisotopic (exact) mass is 411 g/mol. The minimum absolute atomic E-state index is 0.156. The van der Waals surface area contributed by atoms with Gasteiger partial charge in [0, 0.05) is 43.5 Å². The van der Waals surface area contributed by atoms with Gasteiger partial charge in [0.25, 0.3) is 0 Å². The van der Waals surface area contributed by atoms with E-state index < -0.39 is 11.9 Å². The number of H-pyrrole nitrogens is 1. The fourth-order valence-corrected chi connectivity index (χ4v) is 3.56. The SMILES string of the molecule is CCN(Cc1ccc(OC)c(F)c1)C(=O)[C@@H](Cc1c[nH]c2ccccc12)NC(C)=O. The van der Waals surface area contributed by atoms with Gasteiger partial charge in [-0.1, -0.05) is 24.3 Å². The van der Waals surface area contributed by atoms with Gasteiger partial charge in [-0.2, -0.15) is 0 Å². The molecule has 2 N–H and O–H groups in total. The molecule has 0 saturated heterocycles. The lowest BCUT2D eigenvalue weighted by Gasteiger charge is -2.27. The fourth-order valence-electron chi connectivity index (χ4n) is 3.56. The molecule has 3 rings (SSSR count). The van der Waals surface area contributed by atoms with Gasteiger partial charge >= 0.3 is 0 Å². The first-order chi connectivity index (χ1) is 14.4. The number of likely N-dealkylation sites (N-methyl/N-ethyl adjacent to an activating group) is 1. The van der Waals surface area contributed by atoms with Crippen LogP contribution in [0.3, 0.4) is 0 Å². The van der Waals surface area contributed by atoms with Gasteiger partial charge in [0.2, 0.25) is 11.8 Å². The van der Waals surface area contributed by atoms with Gasteiger partial charge in [-0.05, 0) is 36.2 Å². The highest BCUT2D eigenvalue weighted by atomic mass is 19.1. The number of benzene rings is 2. The van der Waals surface area contributed by atoms with Gasteiger partial charge in [0.05, 0.1) is 7.11 Å². The van der Waals surface area contributed by atoms with Gasteiger partial charge in [0.1, 0.15) is 6.04 Å². The molecule has 2 amide bonds. The highest BCUT2D eigenvalue weighted by Crippen LogP contribution is 2.21. The summed E-state index contributed by atoms with van der Waals surface area (Å²) in [6.45, 7) is 3.91. The van der Waals surface area contributed by atoms with Crippen LogP contribution in [-0.2, 0) is 22.6 Å². The van der Waals surface area contributed by atoms with Crippen LogP contribution in [0.2, 0.25) is 0 Å². The van der Waals surface area contributed by atoms with Gasteiger partial charge in [0.15, 0.2) is 11.6 Å². The third kappa shape index (κ3) is 4.79. The van der Waals surface area contributed by atoms with Crippen molar-refractivity contribution < 1.29 is 18.7 Å². The lowest BCUT2D eigenvalue weighted by Crippen LogP contribution is -2.48. The number of aromatic amines is 1. The van der Waals surface area contributed by atoms with E-state index in [2.05, 4.69) is 10.3 Å². The maximum atomic E-state index is 14.0. The number of nitrogens with zero attached hydrogens (tertiary/aromatic N) is 1. The Labute approximate surface area is 175 Å². The summed E-state index contributed by atoms with van der Waals surface area (Å²) in [5.41, 5.74) is 2.57. The van der Waals surface area contributed by atoms with Gasteiger partial charge in [-0.3, -0.25) is 9.59 Å². The van der Waals surface area contributed by atoms with E-state index in [9.17, 15) is 14.0 Å². The Balaban J connectivity index is 1.82. The smallest absolute Gasteiger partial charge is 0.245 e. The number of methoxy groups -OCH3 is 1. The van der Waals surface area contributed by atoms with Crippen molar-refractivity contribution in [2.24, 2.45) is 0 Å². The molecule has 7 heteroatoms. The predicted molar refractivity (Wildman–Crippen MR) is 114 cm³/mol. The number of nitrogens with one attached hydrogen (secondary N) is 2. The number of carbonyl (C=O) groups excluding carboxylic acids is 2. The summed E-state index contributed by atoms with van der Waals surface area (Å²) in [5.74, 6) is -0.812. The summed E-state index contributed by atoms with van der Waals surface area (Å²) in [6, 6.07) is 11.7. The maximum absolute atomic E-state index is 14.0. The number of hydrogen-bond acceptors (Lipinski definition) is 3. The van der Waals surface area contributed by atoms with E-state index in [1.807, 2.05) is 37.4 Å². The molecule has 0 fully saturated rings. The number of carbonyl (C=O) groups is 2. The minimum Gasteiger partial charge on any atom is -0.494 e. The van der Waals surface area contributed by atoms with E-state index in [1.165, 1.54) is 20.1 Å². The molecule has 0 bridgehead atoms. The zero-order valence-electron chi connectivity index (χ0n) is 17.4. The second-order valence-electron chi connectivity index (χ2n) is 7.14. The molecule has 1 atom stereocenters. The molecule has 6 nitrogen and oxygen atoms in total. The molecule has 0 radical (unpaired) electrons. The van der Waals surface area contributed by atoms with Crippen molar-refractivity contribution in [3.8, 4) is 5.75 Å². The quantitative estimate of drug-likeness (QED) is 0.597. The molecule has 158 valence electrons. The van der Waals surface area contributed by atoms with Gasteiger partial charge in [-0.15, -0.1) is 0 Å². The standard InChI is InChI=1S/C23H26FN3O3/c1-4-27(14-16-9-10-22(30-3)19(24)11-16)23(29)21(26-15(2)28)12-17-13-25-20-8-6-5-7-18(17)20/h5-11,13,21,25H,4,12,14H2,1-3H3,(H,26,28)/t21-/m1/s1. The summed E-state index contributed by atoms with van der Waals surface area (Å²) in [5, 5.41) is 3.79. The Bertz CT molecular complexity index is 1050. The first-order valence-electron chi connectivity index (χ1n) is 9.86. The molecule has 0 aliphatic rings. The van der Waals surface area contributed by atoms with Crippen LogP contribution in [0.15, 0.2) is 48.7 Å². The molecule has 3 aromatic rings. The summed E-state index contributed by atoms with van der Waals surface area (Å²) in [6.07, 6.45) is 2.22. The number of fused-ring (bicyclic) bond motifs is 1. The summed E-state index contributed by atoms with van der Waals surface area (Å²) in [4.78, 5) is 29.9. The number of amides is 2. The van der Waals surface area contributed by atoms with E-state index in [4.69, 9.17) is 4.74 Å². The molecular weight excluding hydrogens is 385 g/mol. The second-order valence-corrected chi connectivity index (χ2v) is 7.14. The van der Waals surface area contributed by atoms with Crippen LogP contribution >= 0.6 is 0 Å². The predicted octanol–water partition coefficient (Wildman–Crippen LogP) is 3.41. The maximum Gasteiger partial charge on any atom is 0.245 e. The molecule has 0 aliphatic heterocycles. The Kier molecular flexibility index (Phi) is 6.72. The van der Waals surface area contributed by atoms with E-state index in [0.717, 1.165) is 16.5 Å². The topological polar surface area (TPSA) is 74.4 Å². The molecule has 1 aromatic heterocycles. The molecular formula is C23H26FN3O3. The number of aromatic nitrogens is 1. The Morgan fingerprint density at radius 3 is 2.67 bits per heavy atom. The Morgan fingerprint density at radius 1 is 1.23 bits per heavy atom. The largest absolute Gasteiger partial charge is 0.494 e. The number of hydrogen-bond donors (Lipinski definition) is 2. The van der Waals surface area contributed by atoms with Gasteiger partial charge in [-0.25, -0.2) is 4.39 Å². The Hall–Kier alpha value is -3.35. The molecule has 1 heterocycles. The van der Waals surface area contributed by atoms with Crippen LogP contribution in [-0.4, -0.2) is 41.4 Å². The summed E-state index contributed by atoms with van der Waals surface area (Å²) < 4.78 is 19.0. The normalized spacial score (nSPS) is 11.9. The fraction of sp³-hybridized carbons (Fsp3) is 0.304. The molecule has 0 aliphatic carbocycles. The zero-order valence-corrected chi connectivity index (χ0v) is 17.4. The van der Waals surface area contributed by atoms with Crippen LogP contribution in [0.1, 0.15) is 25.0 Å². The number of rotatable bonds is 8. The highest BCUT2D eigenvalue weighted by Gasteiger charge is 2.26. The third-order valence-corrected chi connectivity index (χ3v) is 5.06. The average molecular weight is 411 g/mol. The summed E-state index contributed by atoms with van der Waals surface area (Å²) in [7, 11) is 1.41. The lowest BCUT2D eigenvalue weighted by molar-refractivity contribution is -0.136. The van der Waals surface area contributed by atoms with Crippen molar-refractivity contribution in [1.82, 2.24) is 15.2 Å². The minimum atomic E-state index is -0.718. The van der Waals surface area contributed by atoms with Crippen molar-refractivity contribution in [2.45, 2.75) is 32.9 Å². The van der Waals surface area contributed by atoms with Crippen molar-refractivity contribution in [3.63, 3.8) is 0 Å². The Morgan fingerprint density at radius 2 is 2.00 bits per heavy atom. The van der Waals surface area contributed by atoms with Crippen molar-refractivity contribution >= 4 is 22.7 Å². The van der Waals surface area contributed by atoms with Crippen LogP contribution < -0.4 is 10.1 Å². The average Bonchev–Trinajstić information content (AvgIpc) is 3.14. The number of halogens is 1. The number of ether oxygens (including phenoxy) is 1. The molecule has 0 saturated carbocycles. The van der Waals surface area contributed by atoms with Crippen LogP contribution in [0.25, 0.3) is 10.9 Å². The summed E-state index contributed by atoms with van der Waals surface area (Å²) >= 11 is 0. The number of para-hydroxylation sites is 1. The van der Waals surface area contributed by atoms with E-state index in [0.29, 0.717) is 18.5 Å². The van der Waals surface area contributed by atoms with E-state index in [-0.39, 0.29) is 24.1 Å². The first-order valence-corrected chi connectivity index (χ1v) is 9.86. The first kappa shape index (κ1) is 21.4. The van der Waals surface area contributed by atoms with Gasteiger partial charge < -0.3 is 19.9 Å². The lowest BCUT2D eigenvalue weighted by atomic mass is 10.0. The third-order valence-electron chi connectivity index (χ3n) is 5.06. The van der Waals surface area contributed by atoms with Crippen LogP contribution in [0.5, 0.6) is 5.75 Å². The highest BCUT2D eigenvalue weighted by molar-refractivity contribution is 5.89. The van der Waals surface area contributed by atoms with E-state index >= 15 is 0 Å². The van der Waals surface area contributed by atoms with Crippen molar-refractivity contribution in [3.05, 3.63) is 65.6 Å². The van der Waals surface area contributed by atoms with E-state index in [1.54, 1.807) is 17.0 Å². The van der Waals surface area contributed by atoms with Crippen LogP contribution in [0, 0.1) is 5.82 Å². The second kappa shape index (κ2) is 9.43. The molecule has 0 unspecified atom stereocenters. The van der Waals surface area contributed by atoms with Crippen LogP contribution in [0.4, 0.5) is 4.39 Å².